The lowest BCUT2D eigenvalue weighted by Gasteiger charge is -2.37. The van der Waals surface area contributed by atoms with Crippen LogP contribution in [0.1, 0.15) is 19.8 Å². The highest BCUT2D eigenvalue weighted by Gasteiger charge is 2.36. The van der Waals surface area contributed by atoms with Gasteiger partial charge in [0, 0.05) is 19.1 Å². The molecule has 1 aliphatic rings. The van der Waals surface area contributed by atoms with Crippen LogP contribution in [0.2, 0.25) is 0 Å². The normalized spacial score (nSPS) is 27.2. The summed E-state index contributed by atoms with van der Waals surface area (Å²) in [6.07, 6.45) is 1.97. The maximum absolute atomic E-state index is 12.4. The van der Waals surface area contributed by atoms with Crippen molar-refractivity contribution in [1.29, 1.82) is 0 Å². The Morgan fingerprint density at radius 1 is 1.59 bits per heavy atom. The molecule has 0 amide bonds. The Labute approximate surface area is 106 Å². The van der Waals surface area contributed by atoms with Gasteiger partial charge < -0.3 is 5.73 Å². The first-order valence-corrected chi connectivity index (χ1v) is 8.14. The van der Waals surface area contributed by atoms with Gasteiger partial charge in [0.2, 0.25) is 0 Å². The van der Waals surface area contributed by atoms with Crippen molar-refractivity contribution in [3.05, 3.63) is 17.5 Å². The van der Waals surface area contributed by atoms with Crippen molar-refractivity contribution < 1.29 is 8.42 Å². The molecule has 0 spiro atoms. The Balaban J connectivity index is 2.32. The fraction of sp³-hybridized carbons (Fsp3) is 0.636. The van der Waals surface area contributed by atoms with E-state index in [0.717, 1.165) is 12.8 Å². The molecule has 0 aliphatic carbocycles. The molecule has 17 heavy (non-hydrogen) atoms. The Morgan fingerprint density at radius 3 is 2.94 bits per heavy atom. The van der Waals surface area contributed by atoms with Crippen LogP contribution in [0.5, 0.6) is 0 Å². The number of sulfonamides is 1. The van der Waals surface area contributed by atoms with E-state index in [1.807, 2.05) is 0 Å². The molecule has 2 atom stereocenters. The average Bonchev–Trinajstić information content (AvgIpc) is 2.82. The van der Waals surface area contributed by atoms with Crippen molar-refractivity contribution in [2.24, 2.45) is 11.7 Å². The highest BCUT2D eigenvalue weighted by Crippen LogP contribution is 2.30. The minimum atomic E-state index is -3.34. The molecule has 2 N–H and O–H groups in total. The monoisotopic (exact) mass is 274 g/mol. The number of rotatable bonds is 3. The number of piperidine rings is 1. The van der Waals surface area contributed by atoms with Crippen LogP contribution < -0.4 is 5.73 Å². The highest BCUT2D eigenvalue weighted by atomic mass is 32.2. The summed E-state index contributed by atoms with van der Waals surface area (Å²) in [4.78, 5) is 0. The highest BCUT2D eigenvalue weighted by molar-refractivity contribution is 7.91. The number of nitrogens with zero attached hydrogens (tertiary/aromatic N) is 1. The zero-order valence-electron chi connectivity index (χ0n) is 9.87. The molecule has 0 radical (unpaired) electrons. The Hall–Kier alpha value is -0.430. The molecular weight excluding hydrogens is 256 g/mol. The van der Waals surface area contributed by atoms with E-state index in [9.17, 15) is 8.42 Å². The van der Waals surface area contributed by atoms with Gasteiger partial charge in [0.25, 0.3) is 10.0 Å². The van der Waals surface area contributed by atoms with Crippen LogP contribution in [0.25, 0.3) is 0 Å². The molecule has 1 fully saturated rings. The van der Waals surface area contributed by atoms with E-state index in [-0.39, 0.29) is 6.04 Å². The molecule has 2 heterocycles. The van der Waals surface area contributed by atoms with Crippen molar-refractivity contribution in [2.75, 3.05) is 13.1 Å². The van der Waals surface area contributed by atoms with Gasteiger partial charge in [0.05, 0.1) is 0 Å². The van der Waals surface area contributed by atoms with E-state index in [4.69, 9.17) is 5.73 Å². The molecule has 1 aromatic rings. The molecule has 0 aromatic carbocycles. The largest absolute Gasteiger partial charge is 0.329 e. The third-order valence-corrected chi connectivity index (χ3v) is 6.66. The van der Waals surface area contributed by atoms with Gasteiger partial charge >= 0.3 is 0 Å². The molecule has 0 unspecified atom stereocenters. The summed E-state index contributed by atoms with van der Waals surface area (Å²) in [6, 6.07) is 3.37. The number of hydrogen-bond donors (Lipinski definition) is 1. The maximum atomic E-state index is 12.4. The van der Waals surface area contributed by atoms with Gasteiger partial charge in [-0.2, -0.15) is 4.31 Å². The summed E-state index contributed by atoms with van der Waals surface area (Å²) in [5.41, 5.74) is 5.73. The van der Waals surface area contributed by atoms with E-state index in [2.05, 4.69) is 6.92 Å². The van der Waals surface area contributed by atoms with Crippen LogP contribution in [0.4, 0.5) is 0 Å². The third kappa shape index (κ3) is 2.40. The molecule has 2 rings (SSSR count). The third-order valence-electron chi connectivity index (χ3n) is 3.36. The van der Waals surface area contributed by atoms with Gasteiger partial charge in [0.15, 0.2) is 0 Å². The maximum Gasteiger partial charge on any atom is 0.252 e. The molecule has 6 heteroatoms. The van der Waals surface area contributed by atoms with Crippen molar-refractivity contribution in [3.8, 4) is 0 Å². The first-order valence-electron chi connectivity index (χ1n) is 5.83. The summed E-state index contributed by atoms with van der Waals surface area (Å²) < 4.78 is 26.9. The van der Waals surface area contributed by atoms with Crippen LogP contribution >= 0.6 is 11.3 Å². The Morgan fingerprint density at radius 2 is 2.35 bits per heavy atom. The molecule has 96 valence electrons. The van der Waals surface area contributed by atoms with Crippen LogP contribution in [0.15, 0.2) is 21.7 Å². The number of hydrogen-bond acceptors (Lipinski definition) is 4. The molecule has 0 bridgehead atoms. The summed E-state index contributed by atoms with van der Waals surface area (Å²) in [5.74, 6) is 0.337. The molecule has 4 nitrogen and oxygen atoms in total. The van der Waals surface area contributed by atoms with Crippen molar-refractivity contribution >= 4 is 21.4 Å². The topological polar surface area (TPSA) is 63.4 Å². The van der Waals surface area contributed by atoms with Gasteiger partial charge in [-0.1, -0.05) is 13.0 Å². The molecular formula is C11H18N2O2S2. The van der Waals surface area contributed by atoms with Crippen LogP contribution in [-0.2, 0) is 10.0 Å². The van der Waals surface area contributed by atoms with Gasteiger partial charge in [0.1, 0.15) is 4.21 Å². The lowest BCUT2D eigenvalue weighted by atomic mass is 9.93. The molecule has 0 saturated carbocycles. The summed E-state index contributed by atoms with van der Waals surface area (Å²) >= 11 is 1.27. The van der Waals surface area contributed by atoms with E-state index in [1.54, 1.807) is 21.8 Å². The van der Waals surface area contributed by atoms with Gasteiger partial charge in [-0.05, 0) is 30.2 Å². The van der Waals surface area contributed by atoms with Crippen LogP contribution in [0.3, 0.4) is 0 Å². The van der Waals surface area contributed by atoms with Crippen molar-refractivity contribution in [3.63, 3.8) is 0 Å². The first-order chi connectivity index (χ1) is 8.07. The van der Waals surface area contributed by atoms with Crippen LogP contribution in [-0.4, -0.2) is 31.9 Å². The zero-order chi connectivity index (χ0) is 12.5. The zero-order valence-corrected chi connectivity index (χ0v) is 11.5. The van der Waals surface area contributed by atoms with E-state index < -0.39 is 10.0 Å². The fourth-order valence-electron chi connectivity index (χ4n) is 2.39. The second kappa shape index (κ2) is 5.06. The molecule has 1 aliphatic heterocycles. The van der Waals surface area contributed by atoms with Crippen molar-refractivity contribution in [1.82, 2.24) is 4.31 Å². The van der Waals surface area contributed by atoms with E-state index >= 15 is 0 Å². The van der Waals surface area contributed by atoms with E-state index in [1.165, 1.54) is 11.3 Å². The summed E-state index contributed by atoms with van der Waals surface area (Å²) in [5, 5.41) is 1.79. The van der Waals surface area contributed by atoms with Gasteiger partial charge in [-0.15, -0.1) is 11.3 Å². The molecule has 1 saturated heterocycles. The predicted molar refractivity (Wildman–Crippen MR) is 69.5 cm³/mol. The van der Waals surface area contributed by atoms with Crippen molar-refractivity contribution in [2.45, 2.75) is 30.0 Å². The summed E-state index contributed by atoms with van der Waals surface area (Å²) in [6.45, 7) is 3.06. The Bertz CT molecular complexity index is 456. The fourth-order valence-corrected chi connectivity index (χ4v) is 5.28. The number of nitrogens with two attached hydrogens (primary N) is 1. The summed E-state index contributed by atoms with van der Waals surface area (Å²) in [7, 11) is -3.34. The standard InChI is InChI=1S/C11H18N2O2S2/c1-9-4-2-6-13(10(9)8-12)17(14,15)11-5-3-7-16-11/h3,5,7,9-10H,2,4,6,8,12H2,1H3/t9-,10+/m0/s1. The Kier molecular flexibility index (Phi) is 3.87. The predicted octanol–water partition coefficient (Wildman–Crippen LogP) is 1.50. The second-order valence-electron chi connectivity index (χ2n) is 4.47. The van der Waals surface area contributed by atoms with Gasteiger partial charge in [-0.25, -0.2) is 8.42 Å². The van der Waals surface area contributed by atoms with Gasteiger partial charge in [-0.3, -0.25) is 0 Å². The minimum Gasteiger partial charge on any atom is -0.329 e. The lowest BCUT2D eigenvalue weighted by Crippen LogP contribution is -2.51. The minimum absolute atomic E-state index is 0.0594. The average molecular weight is 274 g/mol. The van der Waals surface area contributed by atoms with Crippen LogP contribution in [0, 0.1) is 5.92 Å². The quantitative estimate of drug-likeness (QED) is 0.908. The number of thiophene rings is 1. The SMILES string of the molecule is C[C@H]1CCCN(S(=O)(=O)c2cccs2)[C@@H]1CN. The van der Waals surface area contributed by atoms with E-state index in [0.29, 0.717) is 23.2 Å². The molecule has 1 aromatic heterocycles. The second-order valence-corrected chi connectivity index (χ2v) is 7.54. The lowest BCUT2D eigenvalue weighted by molar-refractivity contribution is 0.193. The smallest absolute Gasteiger partial charge is 0.252 e. The first kappa shape index (κ1) is 13.0.